The Morgan fingerprint density at radius 3 is 2.20 bits per heavy atom. The second-order valence-corrected chi connectivity index (χ2v) is 3.69. The van der Waals surface area contributed by atoms with Crippen molar-refractivity contribution in [3.05, 3.63) is 24.3 Å². The van der Waals surface area contributed by atoms with Gasteiger partial charge in [0, 0.05) is 24.9 Å². The van der Waals surface area contributed by atoms with Gasteiger partial charge in [-0.25, -0.2) is 4.79 Å². The van der Waals surface area contributed by atoms with Crippen LogP contribution in [0.15, 0.2) is 24.3 Å². The van der Waals surface area contributed by atoms with E-state index in [0.29, 0.717) is 24.9 Å². The smallest absolute Gasteiger partial charge is 0.360 e. The number of nitrogens with two attached hydrogens (primary N) is 1. The van der Waals surface area contributed by atoms with E-state index in [-0.39, 0.29) is 0 Å². The van der Waals surface area contributed by atoms with Gasteiger partial charge < -0.3 is 10.6 Å². The number of primary amides is 1. The summed E-state index contributed by atoms with van der Waals surface area (Å²) in [4.78, 5) is 26.2. The Bertz CT molecular complexity index is 329. The molecule has 2 rings (SSSR count). The SMILES string of the molecule is NC(=O)C(=O)ON1CC2C=CC=CC2C1. The van der Waals surface area contributed by atoms with Gasteiger partial charge in [0.25, 0.3) is 0 Å². The molecule has 0 aromatic rings. The molecule has 1 fully saturated rings. The second-order valence-electron chi connectivity index (χ2n) is 3.69. The number of fused-ring (bicyclic) bond motifs is 1. The van der Waals surface area contributed by atoms with Crippen LogP contribution in [0.4, 0.5) is 0 Å². The van der Waals surface area contributed by atoms with Crippen molar-refractivity contribution < 1.29 is 14.4 Å². The van der Waals surface area contributed by atoms with Crippen LogP contribution >= 0.6 is 0 Å². The highest BCUT2D eigenvalue weighted by Gasteiger charge is 2.33. The van der Waals surface area contributed by atoms with E-state index >= 15 is 0 Å². The number of rotatable bonds is 1. The highest BCUT2D eigenvalue weighted by Crippen LogP contribution is 2.28. The lowest BCUT2D eigenvalue weighted by Crippen LogP contribution is -2.33. The number of amides is 1. The molecule has 15 heavy (non-hydrogen) atoms. The lowest BCUT2D eigenvalue weighted by atomic mass is 9.92. The van der Waals surface area contributed by atoms with Gasteiger partial charge in [-0.15, -0.1) is 5.06 Å². The molecule has 0 aromatic carbocycles. The van der Waals surface area contributed by atoms with Crippen LogP contribution < -0.4 is 5.73 Å². The molecule has 1 amide bonds. The van der Waals surface area contributed by atoms with Crippen molar-refractivity contribution in [1.29, 1.82) is 0 Å². The van der Waals surface area contributed by atoms with Gasteiger partial charge in [0.05, 0.1) is 0 Å². The van der Waals surface area contributed by atoms with E-state index in [2.05, 4.69) is 12.2 Å². The minimum Gasteiger partial charge on any atom is -0.360 e. The van der Waals surface area contributed by atoms with Crippen LogP contribution in [0.3, 0.4) is 0 Å². The monoisotopic (exact) mass is 208 g/mol. The average molecular weight is 208 g/mol. The Kier molecular flexibility index (Phi) is 2.55. The molecular weight excluding hydrogens is 196 g/mol. The van der Waals surface area contributed by atoms with E-state index in [1.165, 1.54) is 5.06 Å². The predicted octanol–water partition coefficient (Wildman–Crippen LogP) is -0.396. The highest BCUT2D eigenvalue weighted by molar-refractivity contribution is 6.31. The van der Waals surface area contributed by atoms with Crippen molar-refractivity contribution >= 4 is 11.9 Å². The van der Waals surface area contributed by atoms with E-state index in [1.54, 1.807) is 0 Å². The maximum absolute atomic E-state index is 10.9. The van der Waals surface area contributed by atoms with Crippen LogP contribution in [0.2, 0.25) is 0 Å². The molecule has 5 heteroatoms. The Morgan fingerprint density at radius 2 is 1.73 bits per heavy atom. The third-order valence-corrected chi connectivity index (χ3v) is 2.62. The van der Waals surface area contributed by atoms with Gasteiger partial charge >= 0.3 is 11.9 Å². The van der Waals surface area contributed by atoms with Gasteiger partial charge in [-0.2, -0.15) is 0 Å². The molecule has 80 valence electrons. The fourth-order valence-electron chi connectivity index (χ4n) is 1.87. The van der Waals surface area contributed by atoms with Gasteiger partial charge in [0.2, 0.25) is 0 Å². The molecule has 1 heterocycles. The first-order valence-corrected chi connectivity index (χ1v) is 4.78. The molecule has 2 unspecified atom stereocenters. The quantitative estimate of drug-likeness (QED) is 0.595. The summed E-state index contributed by atoms with van der Waals surface area (Å²) in [5.41, 5.74) is 4.79. The van der Waals surface area contributed by atoms with Crippen LogP contribution in [0.5, 0.6) is 0 Å². The zero-order valence-corrected chi connectivity index (χ0v) is 8.13. The lowest BCUT2D eigenvalue weighted by molar-refractivity contribution is -0.188. The summed E-state index contributed by atoms with van der Waals surface area (Å²) in [7, 11) is 0. The number of hydrogen-bond acceptors (Lipinski definition) is 4. The van der Waals surface area contributed by atoms with Gasteiger partial charge in [-0.3, -0.25) is 4.79 Å². The predicted molar refractivity (Wildman–Crippen MR) is 52.1 cm³/mol. The Morgan fingerprint density at radius 1 is 1.20 bits per heavy atom. The zero-order valence-electron chi connectivity index (χ0n) is 8.13. The fourth-order valence-corrected chi connectivity index (χ4v) is 1.87. The zero-order chi connectivity index (χ0) is 10.8. The Hall–Kier alpha value is -1.62. The molecule has 2 atom stereocenters. The molecule has 2 aliphatic rings. The van der Waals surface area contributed by atoms with Crippen molar-refractivity contribution in [3.8, 4) is 0 Å². The van der Waals surface area contributed by atoms with Gasteiger partial charge in [0.15, 0.2) is 0 Å². The highest BCUT2D eigenvalue weighted by atomic mass is 16.7. The van der Waals surface area contributed by atoms with Crippen LogP contribution in [-0.2, 0) is 14.4 Å². The normalized spacial score (nSPS) is 28.8. The third-order valence-electron chi connectivity index (χ3n) is 2.62. The third kappa shape index (κ3) is 2.07. The average Bonchev–Trinajstić information content (AvgIpc) is 2.59. The summed E-state index contributed by atoms with van der Waals surface area (Å²) < 4.78 is 0. The summed E-state index contributed by atoms with van der Waals surface area (Å²) in [6, 6.07) is 0. The molecule has 0 bridgehead atoms. The molecule has 1 saturated heterocycles. The van der Waals surface area contributed by atoms with E-state index in [0.717, 1.165) is 0 Å². The largest absolute Gasteiger partial charge is 0.415 e. The molecule has 5 nitrogen and oxygen atoms in total. The maximum atomic E-state index is 10.9. The summed E-state index contributed by atoms with van der Waals surface area (Å²) >= 11 is 0. The van der Waals surface area contributed by atoms with Gasteiger partial charge in [-0.1, -0.05) is 24.3 Å². The Labute approximate surface area is 87.1 Å². The van der Waals surface area contributed by atoms with Crippen molar-refractivity contribution in [3.63, 3.8) is 0 Å². The van der Waals surface area contributed by atoms with Gasteiger partial charge in [0.1, 0.15) is 0 Å². The lowest BCUT2D eigenvalue weighted by Gasteiger charge is -2.12. The molecule has 1 aliphatic heterocycles. The number of carbonyl (C=O) groups excluding carboxylic acids is 2. The molecule has 0 radical (unpaired) electrons. The van der Waals surface area contributed by atoms with Crippen LogP contribution in [0.1, 0.15) is 0 Å². The molecule has 1 aliphatic carbocycles. The number of carbonyl (C=O) groups is 2. The van der Waals surface area contributed by atoms with Crippen molar-refractivity contribution in [1.82, 2.24) is 5.06 Å². The first-order valence-electron chi connectivity index (χ1n) is 4.78. The van der Waals surface area contributed by atoms with Crippen molar-refractivity contribution in [2.45, 2.75) is 0 Å². The standard InChI is InChI=1S/C10H12N2O3/c11-9(13)10(14)15-12-5-7-3-1-2-4-8(7)6-12/h1-4,7-8H,5-6H2,(H2,11,13). The van der Waals surface area contributed by atoms with Crippen molar-refractivity contribution in [2.24, 2.45) is 17.6 Å². The van der Waals surface area contributed by atoms with Gasteiger partial charge in [-0.05, 0) is 0 Å². The molecule has 0 saturated carbocycles. The first kappa shape index (κ1) is 9.92. The Balaban J connectivity index is 1.93. The summed E-state index contributed by atoms with van der Waals surface area (Å²) in [6.45, 7) is 1.23. The summed E-state index contributed by atoms with van der Waals surface area (Å²) in [6.07, 6.45) is 8.09. The van der Waals surface area contributed by atoms with Crippen molar-refractivity contribution in [2.75, 3.05) is 13.1 Å². The number of hydrogen-bond donors (Lipinski definition) is 1. The van der Waals surface area contributed by atoms with E-state index in [1.807, 2.05) is 12.2 Å². The number of nitrogens with zero attached hydrogens (tertiary/aromatic N) is 1. The molecule has 0 aromatic heterocycles. The van der Waals surface area contributed by atoms with E-state index in [9.17, 15) is 9.59 Å². The van der Waals surface area contributed by atoms with Crippen LogP contribution in [-0.4, -0.2) is 30.0 Å². The second kappa shape index (κ2) is 3.86. The number of allylic oxidation sites excluding steroid dienone is 2. The summed E-state index contributed by atoms with van der Waals surface area (Å²) in [5.74, 6) is -1.34. The fraction of sp³-hybridized carbons (Fsp3) is 0.400. The summed E-state index contributed by atoms with van der Waals surface area (Å²) in [5, 5.41) is 1.49. The topological polar surface area (TPSA) is 72.6 Å². The first-order chi connectivity index (χ1) is 7.16. The van der Waals surface area contributed by atoms with Crippen LogP contribution in [0.25, 0.3) is 0 Å². The molecular formula is C10H12N2O3. The number of hydroxylamine groups is 2. The van der Waals surface area contributed by atoms with Crippen LogP contribution in [0, 0.1) is 11.8 Å². The molecule has 2 N–H and O–H groups in total. The maximum Gasteiger partial charge on any atom is 0.415 e. The van der Waals surface area contributed by atoms with E-state index < -0.39 is 11.9 Å². The van der Waals surface area contributed by atoms with E-state index in [4.69, 9.17) is 10.6 Å². The minimum absolute atomic E-state index is 0.357. The molecule has 0 spiro atoms. The minimum atomic E-state index is -1.06.